The molecule has 1 aliphatic heterocycles. The number of anilines is 1. The Kier molecular flexibility index (Phi) is 6.03. The van der Waals surface area contributed by atoms with Crippen LogP contribution in [-0.2, 0) is 6.54 Å². The van der Waals surface area contributed by atoms with Crippen LogP contribution in [0.15, 0.2) is 66.9 Å². The maximum atomic E-state index is 12.4. The first-order valence-electron chi connectivity index (χ1n) is 9.59. The van der Waals surface area contributed by atoms with Crippen LogP contribution < -0.4 is 5.32 Å². The fourth-order valence-electron chi connectivity index (χ4n) is 3.46. The molecule has 0 atom stereocenters. The van der Waals surface area contributed by atoms with E-state index in [4.69, 9.17) is 11.6 Å². The van der Waals surface area contributed by atoms with Crippen molar-refractivity contribution < 1.29 is 4.79 Å². The minimum atomic E-state index is -0.133. The summed E-state index contributed by atoms with van der Waals surface area (Å²) in [6.07, 6.45) is 1.58. The molecular formula is C22H22ClN5O. The van der Waals surface area contributed by atoms with Gasteiger partial charge in [-0.1, -0.05) is 48.0 Å². The summed E-state index contributed by atoms with van der Waals surface area (Å²) in [6.45, 7) is 3.85. The van der Waals surface area contributed by atoms with Crippen molar-refractivity contribution in [3.63, 3.8) is 0 Å². The number of amides is 2. The summed E-state index contributed by atoms with van der Waals surface area (Å²) < 4.78 is 0. The number of hydrogen-bond acceptors (Lipinski definition) is 4. The van der Waals surface area contributed by atoms with E-state index >= 15 is 0 Å². The van der Waals surface area contributed by atoms with Gasteiger partial charge < -0.3 is 4.90 Å². The normalized spacial score (nSPS) is 14.6. The van der Waals surface area contributed by atoms with Gasteiger partial charge in [-0.15, -0.1) is 5.10 Å². The lowest BCUT2D eigenvalue weighted by Gasteiger charge is -2.34. The van der Waals surface area contributed by atoms with Gasteiger partial charge in [0.05, 0.1) is 0 Å². The lowest BCUT2D eigenvalue weighted by Crippen LogP contribution is -2.49. The number of urea groups is 1. The Morgan fingerprint density at radius 1 is 1.00 bits per heavy atom. The second-order valence-corrected chi connectivity index (χ2v) is 7.39. The van der Waals surface area contributed by atoms with Crippen LogP contribution in [0.5, 0.6) is 0 Å². The van der Waals surface area contributed by atoms with Crippen molar-refractivity contribution in [3.8, 4) is 11.1 Å². The van der Waals surface area contributed by atoms with Crippen LogP contribution in [-0.4, -0.2) is 52.2 Å². The molecule has 0 saturated carbocycles. The molecular weight excluding hydrogens is 386 g/mol. The highest BCUT2D eigenvalue weighted by atomic mass is 35.5. The number of carbonyl (C=O) groups excluding carboxylic acids is 1. The maximum absolute atomic E-state index is 12.4. The first-order chi connectivity index (χ1) is 14.2. The number of aromatic nitrogens is 2. The van der Waals surface area contributed by atoms with Crippen LogP contribution >= 0.6 is 11.6 Å². The van der Waals surface area contributed by atoms with Gasteiger partial charge in [0, 0.05) is 49.5 Å². The number of piperazine rings is 1. The third-order valence-electron chi connectivity index (χ3n) is 4.98. The zero-order chi connectivity index (χ0) is 20.1. The molecule has 0 aliphatic carbocycles. The van der Waals surface area contributed by atoms with Crippen molar-refractivity contribution >= 4 is 23.4 Å². The molecule has 4 rings (SSSR count). The Labute approximate surface area is 175 Å². The van der Waals surface area contributed by atoms with E-state index < -0.39 is 0 Å². The summed E-state index contributed by atoms with van der Waals surface area (Å²) in [5.41, 5.74) is 3.40. The summed E-state index contributed by atoms with van der Waals surface area (Å²) >= 11 is 6.34. The number of nitrogens with one attached hydrogen (secondary N) is 1. The molecule has 1 aliphatic rings. The molecule has 2 aromatic carbocycles. The van der Waals surface area contributed by atoms with Gasteiger partial charge in [-0.05, 0) is 35.4 Å². The molecule has 0 spiro atoms. The molecule has 1 fully saturated rings. The summed E-state index contributed by atoms with van der Waals surface area (Å²) in [5.74, 6) is 0.469. The predicted octanol–water partition coefficient (Wildman–Crippen LogP) is 4.15. The van der Waals surface area contributed by atoms with Crippen molar-refractivity contribution in [2.75, 3.05) is 31.5 Å². The first kappa shape index (κ1) is 19.4. The third-order valence-corrected chi connectivity index (χ3v) is 5.31. The van der Waals surface area contributed by atoms with Gasteiger partial charge >= 0.3 is 6.03 Å². The largest absolute Gasteiger partial charge is 0.323 e. The zero-order valence-electron chi connectivity index (χ0n) is 16.0. The second kappa shape index (κ2) is 9.03. The SMILES string of the molecule is O=C(Nc1cccnn1)N1CCN(Cc2cccc(-c3ccccc3Cl)c2)CC1. The predicted molar refractivity (Wildman–Crippen MR) is 115 cm³/mol. The van der Waals surface area contributed by atoms with Crippen molar-refractivity contribution in [3.05, 3.63) is 77.4 Å². The third kappa shape index (κ3) is 4.91. The van der Waals surface area contributed by atoms with Crippen LogP contribution in [0.25, 0.3) is 11.1 Å². The smallest absolute Gasteiger partial charge is 0.322 e. The quantitative estimate of drug-likeness (QED) is 0.705. The highest BCUT2D eigenvalue weighted by molar-refractivity contribution is 6.33. The summed E-state index contributed by atoms with van der Waals surface area (Å²) in [6, 6.07) is 19.7. The van der Waals surface area contributed by atoms with Crippen LogP contribution in [0.1, 0.15) is 5.56 Å². The summed E-state index contributed by atoms with van der Waals surface area (Å²) in [7, 11) is 0. The van der Waals surface area contributed by atoms with E-state index in [1.807, 2.05) is 29.2 Å². The maximum Gasteiger partial charge on any atom is 0.323 e. The van der Waals surface area contributed by atoms with E-state index in [-0.39, 0.29) is 6.03 Å². The summed E-state index contributed by atoms with van der Waals surface area (Å²) in [5, 5.41) is 11.2. The number of hydrogen-bond donors (Lipinski definition) is 1. The fraction of sp³-hybridized carbons (Fsp3) is 0.227. The van der Waals surface area contributed by atoms with Gasteiger partial charge in [-0.25, -0.2) is 4.79 Å². The molecule has 2 amide bonds. The van der Waals surface area contributed by atoms with Gasteiger partial charge in [-0.2, -0.15) is 5.10 Å². The highest BCUT2D eigenvalue weighted by Crippen LogP contribution is 2.28. The van der Waals surface area contributed by atoms with E-state index in [1.54, 1.807) is 18.3 Å². The Morgan fingerprint density at radius 2 is 1.83 bits per heavy atom. The van der Waals surface area contributed by atoms with E-state index in [0.29, 0.717) is 18.9 Å². The van der Waals surface area contributed by atoms with Crippen LogP contribution in [0.3, 0.4) is 0 Å². The van der Waals surface area contributed by atoms with Crippen molar-refractivity contribution in [2.45, 2.75) is 6.54 Å². The van der Waals surface area contributed by atoms with Gasteiger partial charge in [0.15, 0.2) is 5.82 Å². The molecule has 1 aromatic heterocycles. The van der Waals surface area contributed by atoms with E-state index in [2.05, 4.69) is 44.7 Å². The minimum Gasteiger partial charge on any atom is -0.322 e. The average Bonchev–Trinajstić information content (AvgIpc) is 2.75. The van der Waals surface area contributed by atoms with Crippen LogP contribution in [0.2, 0.25) is 5.02 Å². The van der Waals surface area contributed by atoms with Crippen molar-refractivity contribution in [2.24, 2.45) is 0 Å². The number of rotatable bonds is 4. The number of carbonyl (C=O) groups is 1. The molecule has 2 heterocycles. The summed E-state index contributed by atoms with van der Waals surface area (Å²) in [4.78, 5) is 16.6. The molecule has 6 nitrogen and oxygen atoms in total. The number of nitrogens with zero attached hydrogens (tertiary/aromatic N) is 4. The van der Waals surface area contributed by atoms with Gasteiger partial charge in [0.2, 0.25) is 0 Å². The zero-order valence-corrected chi connectivity index (χ0v) is 16.7. The molecule has 0 radical (unpaired) electrons. The van der Waals surface area contributed by atoms with Crippen molar-refractivity contribution in [1.82, 2.24) is 20.0 Å². The molecule has 148 valence electrons. The van der Waals surface area contributed by atoms with Gasteiger partial charge in [-0.3, -0.25) is 10.2 Å². The van der Waals surface area contributed by atoms with E-state index in [0.717, 1.165) is 35.8 Å². The Hall–Kier alpha value is -2.96. The lowest BCUT2D eigenvalue weighted by molar-refractivity contribution is 0.143. The molecule has 1 N–H and O–H groups in total. The molecule has 1 saturated heterocycles. The standard InChI is InChI=1S/C22H22ClN5O/c23-20-8-2-1-7-19(20)18-6-3-5-17(15-18)16-27-11-13-28(14-12-27)22(29)25-21-9-4-10-24-26-21/h1-10,15H,11-14,16H2,(H,25,26,29). The van der Waals surface area contributed by atoms with Gasteiger partial charge in [0.1, 0.15) is 0 Å². The molecule has 7 heteroatoms. The Bertz CT molecular complexity index is 974. The Balaban J connectivity index is 1.34. The van der Waals surface area contributed by atoms with Crippen LogP contribution in [0, 0.1) is 0 Å². The Morgan fingerprint density at radius 3 is 2.59 bits per heavy atom. The lowest BCUT2D eigenvalue weighted by atomic mass is 10.0. The van der Waals surface area contributed by atoms with E-state index in [9.17, 15) is 4.79 Å². The fourth-order valence-corrected chi connectivity index (χ4v) is 3.70. The first-order valence-corrected chi connectivity index (χ1v) is 9.97. The van der Waals surface area contributed by atoms with Crippen LogP contribution in [0.4, 0.5) is 10.6 Å². The minimum absolute atomic E-state index is 0.133. The number of benzene rings is 2. The topological polar surface area (TPSA) is 61.4 Å². The average molecular weight is 408 g/mol. The molecule has 0 bridgehead atoms. The second-order valence-electron chi connectivity index (χ2n) is 6.98. The number of halogens is 1. The molecule has 3 aromatic rings. The van der Waals surface area contributed by atoms with Gasteiger partial charge in [0.25, 0.3) is 0 Å². The van der Waals surface area contributed by atoms with E-state index in [1.165, 1.54) is 5.56 Å². The van der Waals surface area contributed by atoms with Crippen molar-refractivity contribution in [1.29, 1.82) is 0 Å². The molecule has 29 heavy (non-hydrogen) atoms. The molecule has 0 unspecified atom stereocenters. The monoisotopic (exact) mass is 407 g/mol. The highest BCUT2D eigenvalue weighted by Gasteiger charge is 2.21.